The molecule has 186 valence electrons. The van der Waals surface area contributed by atoms with Gasteiger partial charge in [-0.1, -0.05) is 73.7 Å². The van der Waals surface area contributed by atoms with E-state index < -0.39 is 0 Å². The van der Waals surface area contributed by atoms with Crippen molar-refractivity contribution in [2.24, 2.45) is 0 Å². The first-order chi connectivity index (χ1) is 19.3. The molecule has 0 unspecified atom stereocenters. The van der Waals surface area contributed by atoms with Crippen LogP contribution in [0, 0.1) is 0 Å². The Morgan fingerprint density at radius 3 is 2.21 bits per heavy atom. The molecular weight excluding hydrogens is 480 g/mol. The lowest BCUT2D eigenvalue weighted by Crippen LogP contribution is -2.07. The van der Waals surface area contributed by atoms with Crippen molar-refractivity contribution in [3.63, 3.8) is 0 Å². The Morgan fingerprint density at radius 2 is 1.36 bits per heavy atom. The van der Waals surface area contributed by atoms with Crippen LogP contribution in [0.15, 0.2) is 115 Å². The third-order valence-electron chi connectivity index (χ3n) is 7.48. The second-order valence-electron chi connectivity index (χ2n) is 9.80. The van der Waals surface area contributed by atoms with Crippen LogP contribution in [0.1, 0.15) is 12.7 Å². The van der Waals surface area contributed by atoms with Crippen molar-refractivity contribution in [3.05, 3.63) is 121 Å². The summed E-state index contributed by atoms with van der Waals surface area (Å²) in [5, 5.41) is 0. The van der Waals surface area contributed by atoms with Gasteiger partial charge >= 0.3 is 0 Å². The fraction of sp³-hybridized carbons (Fsp3) is 0.0588. The van der Waals surface area contributed by atoms with E-state index in [4.69, 9.17) is 14.7 Å². The van der Waals surface area contributed by atoms with Crippen molar-refractivity contribution < 1.29 is 4.74 Å². The molecule has 5 aromatic carbocycles. The van der Waals surface area contributed by atoms with Gasteiger partial charge in [-0.25, -0.2) is 9.97 Å². The van der Waals surface area contributed by atoms with Gasteiger partial charge in [-0.05, 0) is 59.7 Å². The number of nitrogens with zero attached hydrogens (tertiary/aromatic N) is 4. The van der Waals surface area contributed by atoms with Gasteiger partial charge in [-0.15, -0.1) is 0 Å². The average Bonchev–Trinajstić information content (AvgIpc) is 3.57. The average molecular weight is 505 g/mol. The molecule has 1 aliphatic heterocycles. The molecule has 0 atom stereocenters. The fourth-order valence-corrected chi connectivity index (χ4v) is 5.68. The number of benzene rings is 5. The number of fused-ring (bicyclic) bond motifs is 3. The summed E-state index contributed by atoms with van der Waals surface area (Å²) in [5.41, 5.74) is 9.42. The van der Waals surface area contributed by atoms with E-state index in [1.54, 1.807) is 0 Å². The van der Waals surface area contributed by atoms with Crippen LogP contribution in [0.4, 0.5) is 0 Å². The number of imidazole rings is 2. The molecule has 3 heterocycles. The third-order valence-corrected chi connectivity index (χ3v) is 7.48. The predicted molar refractivity (Wildman–Crippen MR) is 156 cm³/mol. The van der Waals surface area contributed by atoms with Crippen LogP contribution < -0.4 is 4.74 Å². The van der Waals surface area contributed by atoms with Gasteiger partial charge in [0.1, 0.15) is 17.2 Å². The Hall–Kier alpha value is -5.16. The molecule has 0 fully saturated rings. The van der Waals surface area contributed by atoms with E-state index in [2.05, 4.69) is 101 Å². The molecule has 0 bridgehead atoms. The molecule has 0 amide bonds. The highest BCUT2D eigenvalue weighted by Gasteiger charge is 2.24. The first kappa shape index (κ1) is 21.9. The molecule has 1 aliphatic rings. The summed E-state index contributed by atoms with van der Waals surface area (Å²) in [6.07, 6.45) is 0.842. The zero-order chi connectivity index (χ0) is 25.9. The van der Waals surface area contributed by atoms with Crippen molar-refractivity contribution in [3.8, 4) is 45.4 Å². The standard InChI is InChI=1S/C34H24N4O/c1-2-32-35-27-20-24(21-31-33(27)38(32)29-14-8-9-15-30(29)39-31)22-16-18-23(19-17-22)34-36-26-12-6-7-13-28(26)37(34)25-10-4-3-5-11-25/h3-21H,2H2,1H3. The van der Waals surface area contributed by atoms with Crippen molar-refractivity contribution in [2.45, 2.75) is 13.3 Å². The molecule has 8 rings (SSSR count). The van der Waals surface area contributed by atoms with E-state index in [0.717, 1.165) is 79.7 Å². The van der Waals surface area contributed by atoms with Gasteiger partial charge in [0.25, 0.3) is 0 Å². The van der Waals surface area contributed by atoms with Crippen LogP contribution in [0.5, 0.6) is 11.5 Å². The predicted octanol–water partition coefficient (Wildman–Crippen LogP) is 8.37. The number of para-hydroxylation sites is 5. The highest BCUT2D eigenvalue weighted by Crippen LogP contribution is 2.43. The number of aromatic nitrogens is 4. The minimum atomic E-state index is 0.836. The van der Waals surface area contributed by atoms with E-state index in [1.165, 1.54) is 0 Å². The van der Waals surface area contributed by atoms with Crippen LogP contribution in [-0.2, 0) is 6.42 Å². The van der Waals surface area contributed by atoms with Crippen LogP contribution >= 0.6 is 0 Å². The molecule has 39 heavy (non-hydrogen) atoms. The van der Waals surface area contributed by atoms with E-state index >= 15 is 0 Å². The minimum absolute atomic E-state index is 0.836. The largest absolute Gasteiger partial charge is 0.453 e. The number of rotatable bonds is 4. The van der Waals surface area contributed by atoms with E-state index in [1.807, 2.05) is 30.3 Å². The molecule has 0 aliphatic carbocycles. The van der Waals surface area contributed by atoms with Crippen molar-refractivity contribution in [1.82, 2.24) is 19.1 Å². The molecule has 5 nitrogen and oxygen atoms in total. The van der Waals surface area contributed by atoms with E-state index in [0.29, 0.717) is 0 Å². The smallest absolute Gasteiger partial charge is 0.154 e. The van der Waals surface area contributed by atoms with Crippen molar-refractivity contribution in [2.75, 3.05) is 0 Å². The zero-order valence-corrected chi connectivity index (χ0v) is 21.4. The topological polar surface area (TPSA) is 44.9 Å². The van der Waals surface area contributed by atoms with Gasteiger partial charge in [0.2, 0.25) is 0 Å². The first-order valence-electron chi connectivity index (χ1n) is 13.2. The third kappa shape index (κ3) is 3.33. The van der Waals surface area contributed by atoms with Crippen LogP contribution in [0.3, 0.4) is 0 Å². The van der Waals surface area contributed by atoms with Gasteiger partial charge in [-0.2, -0.15) is 0 Å². The maximum atomic E-state index is 6.39. The molecule has 2 aromatic heterocycles. The van der Waals surface area contributed by atoms with Gasteiger partial charge in [0.15, 0.2) is 11.5 Å². The normalized spacial score (nSPS) is 12.0. The molecule has 0 saturated heterocycles. The summed E-state index contributed by atoms with van der Waals surface area (Å²) < 4.78 is 10.9. The Morgan fingerprint density at radius 1 is 0.615 bits per heavy atom. The zero-order valence-electron chi connectivity index (χ0n) is 21.4. The molecule has 7 aromatic rings. The Labute approximate surface area is 225 Å². The second kappa shape index (κ2) is 8.43. The summed E-state index contributed by atoms with van der Waals surface area (Å²) in [6, 6.07) is 39.8. The van der Waals surface area contributed by atoms with Crippen molar-refractivity contribution in [1.29, 1.82) is 0 Å². The molecule has 0 saturated carbocycles. The van der Waals surface area contributed by atoms with E-state index in [-0.39, 0.29) is 0 Å². The van der Waals surface area contributed by atoms with Crippen LogP contribution in [-0.4, -0.2) is 19.1 Å². The van der Waals surface area contributed by atoms with Gasteiger partial charge in [0.05, 0.1) is 22.2 Å². The highest BCUT2D eigenvalue weighted by molar-refractivity contribution is 5.92. The quantitative estimate of drug-likeness (QED) is 0.242. The molecular formula is C34H24N4O. The number of aryl methyl sites for hydroxylation is 1. The lowest BCUT2D eigenvalue weighted by molar-refractivity contribution is 0.474. The van der Waals surface area contributed by atoms with Crippen molar-refractivity contribution >= 4 is 22.1 Å². The summed E-state index contributed by atoms with van der Waals surface area (Å²) in [5.74, 6) is 3.65. The lowest BCUT2D eigenvalue weighted by atomic mass is 10.0. The molecule has 5 heteroatoms. The van der Waals surface area contributed by atoms with Crippen LogP contribution in [0.2, 0.25) is 0 Å². The summed E-state index contributed by atoms with van der Waals surface area (Å²) in [6.45, 7) is 2.14. The van der Waals surface area contributed by atoms with E-state index in [9.17, 15) is 0 Å². The fourth-order valence-electron chi connectivity index (χ4n) is 5.68. The monoisotopic (exact) mass is 504 g/mol. The van der Waals surface area contributed by atoms with Crippen LogP contribution in [0.25, 0.3) is 56.0 Å². The Bertz CT molecular complexity index is 2020. The lowest BCUT2D eigenvalue weighted by Gasteiger charge is -2.21. The Balaban J connectivity index is 1.25. The molecule has 0 radical (unpaired) electrons. The maximum Gasteiger partial charge on any atom is 0.154 e. The van der Waals surface area contributed by atoms with Gasteiger partial charge in [0, 0.05) is 17.7 Å². The summed E-state index contributed by atoms with van der Waals surface area (Å²) in [4.78, 5) is 10.0. The molecule has 0 N–H and O–H groups in total. The number of hydrogen-bond acceptors (Lipinski definition) is 3. The van der Waals surface area contributed by atoms with Gasteiger partial charge in [-0.3, -0.25) is 9.13 Å². The highest BCUT2D eigenvalue weighted by atomic mass is 16.5. The number of ether oxygens (including phenoxy) is 1. The minimum Gasteiger partial charge on any atom is -0.453 e. The summed E-state index contributed by atoms with van der Waals surface area (Å²) in [7, 11) is 0. The molecule has 0 spiro atoms. The Kier molecular flexibility index (Phi) is 4.73. The number of hydrogen-bond donors (Lipinski definition) is 0. The second-order valence-corrected chi connectivity index (χ2v) is 9.80. The summed E-state index contributed by atoms with van der Waals surface area (Å²) >= 11 is 0. The van der Waals surface area contributed by atoms with Gasteiger partial charge < -0.3 is 4.74 Å². The first-order valence-corrected chi connectivity index (χ1v) is 13.2. The SMILES string of the molecule is CCc1nc2cc(-c3ccc(-c4nc5ccccc5n4-c4ccccc4)cc3)cc3c2n1-c1ccccc1O3. The maximum absolute atomic E-state index is 6.39.